The second-order valence-corrected chi connectivity index (χ2v) is 7.72. The average molecular weight is 368 g/mol. The van der Waals surface area contributed by atoms with Crippen molar-refractivity contribution >= 4 is 28.2 Å². The second-order valence-electron chi connectivity index (χ2n) is 6.61. The number of ether oxygens (including phenoxy) is 1. The Balaban J connectivity index is 2.16. The Morgan fingerprint density at radius 3 is 2.44 bits per heavy atom. The molecule has 1 aromatic rings. The van der Waals surface area contributed by atoms with Gasteiger partial charge in [0.1, 0.15) is 5.00 Å². The Morgan fingerprint density at radius 1 is 1.12 bits per heavy atom. The smallest absolute Gasteiger partial charge is 0.341 e. The molecule has 0 aliphatic heterocycles. The Labute approximate surface area is 154 Å². The summed E-state index contributed by atoms with van der Waals surface area (Å²) in [6, 6.07) is 0. The lowest BCUT2D eigenvalue weighted by molar-refractivity contribution is -0.891. The number of rotatable bonds is 9. The van der Waals surface area contributed by atoms with Crippen LogP contribution in [-0.4, -0.2) is 38.1 Å². The van der Waals surface area contributed by atoms with Crippen molar-refractivity contribution in [1.82, 2.24) is 0 Å². The van der Waals surface area contributed by atoms with E-state index in [1.54, 1.807) is 11.3 Å². The summed E-state index contributed by atoms with van der Waals surface area (Å²) in [5.41, 5.74) is 1.69. The van der Waals surface area contributed by atoms with Gasteiger partial charge in [0, 0.05) is 4.88 Å². The van der Waals surface area contributed by atoms with Gasteiger partial charge >= 0.3 is 5.97 Å². The van der Waals surface area contributed by atoms with Crippen LogP contribution in [0.3, 0.4) is 0 Å². The summed E-state index contributed by atoms with van der Waals surface area (Å²) in [5.74, 6) is -0.315. The topological polar surface area (TPSA) is 59.8 Å². The number of carbonyl (C=O) groups excluding carboxylic acids is 2. The summed E-state index contributed by atoms with van der Waals surface area (Å²) in [5, 5.41) is 3.70. The summed E-state index contributed by atoms with van der Waals surface area (Å²) >= 11 is 1.56. The van der Waals surface area contributed by atoms with Gasteiger partial charge in [-0.15, -0.1) is 11.3 Å². The molecule has 0 radical (unpaired) electrons. The largest absolute Gasteiger partial charge is 0.462 e. The van der Waals surface area contributed by atoms with Crippen molar-refractivity contribution in [2.24, 2.45) is 0 Å². The van der Waals surface area contributed by atoms with Gasteiger partial charge in [0.15, 0.2) is 6.54 Å². The number of hydrogen-bond acceptors (Lipinski definition) is 4. The van der Waals surface area contributed by atoms with Crippen molar-refractivity contribution in [3.05, 3.63) is 16.0 Å². The molecule has 0 atom stereocenters. The van der Waals surface area contributed by atoms with E-state index in [1.165, 1.54) is 9.78 Å². The summed E-state index contributed by atoms with van der Waals surface area (Å²) in [6.45, 7) is 8.87. The maximum Gasteiger partial charge on any atom is 0.341 e. The van der Waals surface area contributed by atoms with Crippen LogP contribution in [0.15, 0.2) is 0 Å². The van der Waals surface area contributed by atoms with E-state index in [0.717, 1.165) is 57.2 Å². The number of fused-ring (bicyclic) bond motifs is 1. The first-order valence-electron chi connectivity index (χ1n) is 9.55. The standard InChI is InChI=1S/C19H30N2O3S/c1-4-11-21(12-5-2)13-16(22)20-18-17(19(23)24-6-3)14-9-7-8-10-15(14)25-18/h4-13H2,1-3H3,(H,20,22)/p+1. The second kappa shape index (κ2) is 9.92. The number of aryl methyl sites for hydroxylation is 1. The van der Waals surface area contributed by atoms with E-state index in [9.17, 15) is 9.59 Å². The van der Waals surface area contributed by atoms with Crippen LogP contribution < -0.4 is 10.2 Å². The first-order chi connectivity index (χ1) is 12.1. The summed E-state index contributed by atoms with van der Waals surface area (Å²) < 4.78 is 5.24. The summed E-state index contributed by atoms with van der Waals surface area (Å²) in [7, 11) is 0. The van der Waals surface area contributed by atoms with Gasteiger partial charge in [-0.1, -0.05) is 13.8 Å². The van der Waals surface area contributed by atoms with Gasteiger partial charge in [-0.05, 0) is 51.0 Å². The van der Waals surface area contributed by atoms with Gasteiger partial charge in [0.2, 0.25) is 0 Å². The third-order valence-corrected chi connectivity index (χ3v) is 5.73. The van der Waals surface area contributed by atoms with Gasteiger partial charge < -0.3 is 15.0 Å². The van der Waals surface area contributed by atoms with Crippen molar-refractivity contribution in [3.8, 4) is 0 Å². The summed E-state index contributed by atoms with van der Waals surface area (Å²) in [4.78, 5) is 27.5. The molecule has 1 aromatic heterocycles. The number of quaternary nitrogens is 1. The van der Waals surface area contributed by atoms with Gasteiger partial charge in [-0.25, -0.2) is 4.79 Å². The molecule has 5 nitrogen and oxygen atoms in total. The van der Waals surface area contributed by atoms with E-state index in [4.69, 9.17) is 4.74 Å². The van der Waals surface area contributed by atoms with Gasteiger partial charge in [0.05, 0.1) is 25.3 Å². The fraction of sp³-hybridized carbons (Fsp3) is 0.684. The first-order valence-corrected chi connectivity index (χ1v) is 10.4. The number of thiophene rings is 1. The Morgan fingerprint density at radius 2 is 1.80 bits per heavy atom. The molecule has 1 aliphatic rings. The van der Waals surface area contributed by atoms with Gasteiger partial charge in [0.25, 0.3) is 5.91 Å². The van der Waals surface area contributed by atoms with E-state index in [1.807, 2.05) is 6.92 Å². The van der Waals surface area contributed by atoms with Crippen molar-refractivity contribution < 1.29 is 19.2 Å². The molecule has 0 bridgehead atoms. The molecule has 2 rings (SSSR count). The normalized spacial score (nSPS) is 13.6. The molecular weight excluding hydrogens is 336 g/mol. The molecule has 6 heteroatoms. The third kappa shape index (κ3) is 5.28. The average Bonchev–Trinajstić information content (AvgIpc) is 2.93. The van der Waals surface area contributed by atoms with Crippen LogP contribution in [0.5, 0.6) is 0 Å². The Bertz CT molecular complexity index is 592. The molecule has 0 aromatic carbocycles. The third-order valence-electron chi connectivity index (χ3n) is 4.52. The van der Waals surface area contributed by atoms with Crippen LogP contribution in [-0.2, 0) is 22.4 Å². The van der Waals surface area contributed by atoms with E-state index >= 15 is 0 Å². The van der Waals surface area contributed by atoms with Crippen molar-refractivity contribution in [3.63, 3.8) is 0 Å². The highest BCUT2D eigenvalue weighted by molar-refractivity contribution is 7.17. The summed E-state index contributed by atoms with van der Waals surface area (Å²) in [6.07, 6.45) is 6.25. The van der Waals surface area contributed by atoms with E-state index in [0.29, 0.717) is 23.7 Å². The number of nitrogens with one attached hydrogen (secondary N) is 2. The van der Waals surface area contributed by atoms with E-state index < -0.39 is 0 Å². The fourth-order valence-corrected chi connectivity index (χ4v) is 4.77. The molecule has 1 aliphatic carbocycles. The predicted molar refractivity (Wildman–Crippen MR) is 102 cm³/mol. The zero-order valence-electron chi connectivity index (χ0n) is 15.7. The molecule has 0 spiro atoms. The number of hydrogen-bond donors (Lipinski definition) is 2. The number of esters is 1. The van der Waals surface area contributed by atoms with Crippen LogP contribution in [0.2, 0.25) is 0 Å². The van der Waals surface area contributed by atoms with E-state index in [2.05, 4.69) is 19.2 Å². The minimum absolute atomic E-state index is 0.0129. The van der Waals surface area contributed by atoms with Crippen LogP contribution in [0.4, 0.5) is 5.00 Å². The minimum atomic E-state index is -0.302. The molecule has 1 amide bonds. The molecule has 25 heavy (non-hydrogen) atoms. The Hall–Kier alpha value is -1.40. The lowest BCUT2D eigenvalue weighted by atomic mass is 9.95. The lowest BCUT2D eigenvalue weighted by Gasteiger charge is -2.17. The zero-order valence-corrected chi connectivity index (χ0v) is 16.5. The molecule has 0 fully saturated rings. The van der Waals surface area contributed by atoms with Crippen molar-refractivity contribution in [2.45, 2.75) is 59.3 Å². The fourth-order valence-electron chi connectivity index (χ4n) is 3.48. The molecule has 2 N–H and O–H groups in total. The maximum atomic E-state index is 12.5. The van der Waals surface area contributed by atoms with Gasteiger partial charge in [-0.3, -0.25) is 4.79 Å². The lowest BCUT2D eigenvalue weighted by Crippen LogP contribution is -3.13. The Kier molecular flexibility index (Phi) is 7.90. The number of anilines is 1. The molecule has 0 saturated carbocycles. The number of carbonyl (C=O) groups is 2. The maximum absolute atomic E-state index is 12.5. The van der Waals surface area contributed by atoms with Crippen molar-refractivity contribution in [1.29, 1.82) is 0 Å². The van der Waals surface area contributed by atoms with E-state index in [-0.39, 0.29) is 11.9 Å². The monoisotopic (exact) mass is 367 g/mol. The molecule has 0 saturated heterocycles. The van der Waals surface area contributed by atoms with Crippen molar-refractivity contribution in [2.75, 3.05) is 31.6 Å². The molecular formula is C19H31N2O3S+. The van der Waals surface area contributed by atoms with Crippen LogP contribution in [0, 0.1) is 0 Å². The highest BCUT2D eigenvalue weighted by atomic mass is 32.1. The minimum Gasteiger partial charge on any atom is -0.462 e. The quantitative estimate of drug-likeness (QED) is 0.659. The molecule has 1 heterocycles. The highest BCUT2D eigenvalue weighted by Crippen LogP contribution is 2.38. The SMILES string of the molecule is CCC[NH+](CCC)CC(=O)Nc1sc2c(c1C(=O)OCC)CCCC2. The zero-order chi connectivity index (χ0) is 18.2. The van der Waals surface area contributed by atoms with Crippen LogP contribution in [0.1, 0.15) is 67.3 Å². The van der Waals surface area contributed by atoms with Crippen LogP contribution in [0.25, 0.3) is 0 Å². The number of amides is 1. The highest BCUT2D eigenvalue weighted by Gasteiger charge is 2.27. The predicted octanol–water partition coefficient (Wildman–Crippen LogP) is 2.45. The first kappa shape index (κ1) is 19.9. The van der Waals surface area contributed by atoms with Gasteiger partial charge in [-0.2, -0.15) is 0 Å². The molecule has 0 unspecified atom stereocenters. The van der Waals surface area contributed by atoms with Crippen LogP contribution >= 0.6 is 11.3 Å². The molecule has 140 valence electrons.